The second-order valence-corrected chi connectivity index (χ2v) is 11.5. The number of nitrogens with one attached hydrogen (secondary N) is 2. The molecule has 3 heterocycles. The normalized spacial score (nSPS) is 12.6. The molecule has 0 spiro atoms. The number of halogens is 1. The minimum Gasteiger partial charge on any atom is -0.462 e. The number of hydrogen-bond donors (Lipinski definition) is 2. The van der Waals surface area contributed by atoms with Crippen LogP contribution in [0.4, 0.5) is 5.00 Å². The lowest BCUT2D eigenvalue weighted by Crippen LogP contribution is -2.17. The van der Waals surface area contributed by atoms with Gasteiger partial charge in [0.15, 0.2) is 11.0 Å². The van der Waals surface area contributed by atoms with Gasteiger partial charge in [-0.1, -0.05) is 41.6 Å². The number of carbonyl (C=O) groups is 2. The number of aromatic amines is 1. The Hall–Kier alpha value is -3.60. The number of carbonyl (C=O) groups excluding carboxylic acids is 2. The molecule has 0 bridgehead atoms. The SMILES string of the molecule is CCOC(=O)c1c(NC(=O)CSc2nnc(-c3c[nH]c4ccccc34)n2-c2ccc(Cl)cc2)sc2c1CCC2. The monoisotopic (exact) mass is 577 g/mol. The average Bonchev–Trinajstić information content (AvgIpc) is 3.71. The molecule has 5 aromatic rings. The standard InChI is InChI=1S/C28H24ClN5O3S2/c1-2-37-27(36)24-19-7-5-9-22(19)39-26(24)31-23(35)15-38-28-33-32-25(34(28)17-12-10-16(29)11-13-17)20-14-30-21-8-4-3-6-18(20)21/h3-4,6,8,10-14,30H,2,5,7,9,15H2,1H3,(H,31,35). The topological polar surface area (TPSA) is 102 Å². The Labute approximate surface area is 237 Å². The van der Waals surface area contributed by atoms with E-state index < -0.39 is 0 Å². The molecule has 198 valence electrons. The Kier molecular flexibility index (Phi) is 7.16. The molecule has 1 amide bonds. The molecule has 6 rings (SSSR count). The lowest BCUT2D eigenvalue weighted by Gasteiger charge is -2.11. The molecule has 2 aromatic carbocycles. The van der Waals surface area contributed by atoms with Crippen molar-refractivity contribution in [1.29, 1.82) is 0 Å². The summed E-state index contributed by atoms with van der Waals surface area (Å²) in [6.07, 6.45) is 4.66. The van der Waals surface area contributed by atoms with Crippen molar-refractivity contribution in [2.75, 3.05) is 17.7 Å². The van der Waals surface area contributed by atoms with Gasteiger partial charge in [0.25, 0.3) is 0 Å². The maximum Gasteiger partial charge on any atom is 0.341 e. The predicted molar refractivity (Wildman–Crippen MR) is 155 cm³/mol. The number of ether oxygens (including phenoxy) is 1. The molecule has 2 N–H and O–H groups in total. The molecular weight excluding hydrogens is 554 g/mol. The van der Waals surface area contributed by atoms with Crippen molar-refractivity contribution in [3.63, 3.8) is 0 Å². The second-order valence-electron chi connectivity index (χ2n) is 8.98. The fourth-order valence-electron chi connectivity index (χ4n) is 4.82. The van der Waals surface area contributed by atoms with Gasteiger partial charge in [-0.15, -0.1) is 21.5 Å². The van der Waals surface area contributed by atoms with Crippen molar-refractivity contribution in [2.24, 2.45) is 0 Å². The molecule has 1 aliphatic rings. The van der Waals surface area contributed by atoms with Crippen molar-refractivity contribution < 1.29 is 14.3 Å². The summed E-state index contributed by atoms with van der Waals surface area (Å²) in [6.45, 7) is 2.06. The van der Waals surface area contributed by atoms with Crippen LogP contribution in [0, 0.1) is 0 Å². The maximum absolute atomic E-state index is 13.1. The highest BCUT2D eigenvalue weighted by molar-refractivity contribution is 7.99. The molecular formula is C28H24ClN5O3S2. The summed E-state index contributed by atoms with van der Waals surface area (Å²) in [6, 6.07) is 15.4. The third-order valence-corrected chi connectivity index (χ3v) is 8.92. The molecule has 8 nitrogen and oxygen atoms in total. The molecule has 0 atom stereocenters. The molecule has 0 unspecified atom stereocenters. The molecule has 39 heavy (non-hydrogen) atoms. The number of nitrogens with zero attached hydrogens (tertiary/aromatic N) is 3. The van der Waals surface area contributed by atoms with Crippen LogP contribution in [-0.4, -0.2) is 44.0 Å². The van der Waals surface area contributed by atoms with E-state index in [4.69, 9.17) is 16.3 Å². The second kappa shape index (κ2) is 10.9. The van der Waals surface area contributed by atoms with Crippen molar-refractivity contribution in [1.82, 2.24) is 19.7 Å². The average molecular weight is 578 g/mol. The van der Waals surface area contributed by atoms with Crippen LogP contribution in [0.1, 0.15) is 34.1 Å². The van der Waals surface area contributed by atoms with Crippen LogP contribution >= 0.6 is 34.7 Å². The highest BCUT2D eigenvalue weighted by Gasteiger charge is 2.28. The lowest BCUT2D eigenvalue weighted by atomic mass is 10.1. The Morgan fingerprint density at radius 2 is 1.97 bits per heavy atom. The van der Waals surface area contributed by atoms with E-state index in [1.165, 1.54) is 23.1 Å². The molecule has 3 aromatic heterocycles. The van der Waals surface area contributed by atoms with Crippen LogP contribution in [-0.2, 0) is 22.4 Å². The highest BCUT2D eigenvalue weighted by atomic mass is 35.5. The number of thiophene rings is 1. The summed E-state index contributed by atoms with van der Waals surface area (Å²) < 4.78 is 7.21. The third-order valence-electron chi connectivity index (χ3n) is 6.53. The molecule has 0 aliphatic heterocycles. The Balaban J connectivity index is 1.28. The molecule has 0 fully saturated rings. The smallest absolute Gasteiger partial charge is 0.341 e. The lowest BCUT2D eigenvalue weighted by molar-refractivity contribution is -0.113. The van der Waals surface area contributed by atoms with E-state index >= 15 is 0 Å². The fourth-order valence-corrected chi connectivity index (χ4v) is 6.99. The van der Waals surface area contributed by atoms with Crippen molar-refractivity contribution in [3.8, 4) is 17.1 Å². The number of fused-ring (bicyclic) bond motifs is 2. The van der Waals surface area contributed by atoms with E-state index in [1.54, 1.807) is 6.92 Å². The highest BCUT2D eigenvalue weighted by Crippen LogP contribution is 2.40. The van der Waals surface area contributed by atoms with Crippen LogP contribution in [0.15, 0.2) is 59.9 Å². The van der Waals surface area contributed by atoms with Crippen LogP contribution in [0.3, 0.4) is 0 Å². The molecule has 0 radical (unpaired) electrons. The number of H-pyrrole nitrogens is 1. The number of benzene rings is 2. The summed E-state index contributed by atoms with van der Waals surface area (Å²) in [4.78, 5) is 30.2. The summed E-state index contributed by atoms with van der Waals surface area (Å²) in [5.41, 5.74) is 4.22. The van der Waals surface area contributed by atoms with Crippen LogP contribution in [0.2, 0.25) is 5.02 Å². The largest absolute Gasteiger partial charge is 0.462 e. The first-order valence-electron chi connectivity index (χ1n) is 12.6. The van der Waals surface area contributed by atoms with Gasteiger partial charge in [-0.25, -0.2) is 4.79 Å². The van der Waals surface area contributed by atoms with E-state index in [0.717, 1.165) is 51.9 Å². The first-order chi connectivity index (χ1) is 19.0. The fraction of sp³-hybridized carbons (Fsp3) is 0.214. The predicted octanol–water partition coefficient (Wildman–Crippen LogP) is 6.53. The number of esters is 1. The number of aromatic nitrogens is 4. The number of hydrogen-bond acceptors (Lipinski definition) is 7. The zero-order valence-electron chi connectivity index (χ0n) is 21.0. The number of rotatable bonds is 8. The van der Waals surface area contributed by atoms with E-state index in [2.05, 4.69) is 20.5 Å². The van der Waals surface area contributed by atoms with Crippen LogP contribution in [0.5, 0.6) is 0 Å². The quantitative estimate of drug-likeness (QED) is 0.161. The first kappa shape index (κ1) is 25.7. The minimum atomic E-state index is -0.384. The molecule has 0 saturated carbocycles. The third kappa shape index (κ3) is 4.95. The summed E-state index contributed by atoms with van der Waals surface area (Å²) >= 11 is 8.90. The van der Waals surface area contributed by atoms with Gasteiger partial charge in [0.1, 0.15) is 5.00 Å². The van der Waals surface area contributed by atoms with Crippen LogP contribution < -0.4 is 5.32 Å². The van der Waals surface area contributed by atoms with Gasteiger partial charge in [-0.3, -0.25) is 9.36 Å². The summed E-state index contributed by atoms with van der Waals surface area (Å²) in [5.74, 6) is 0.122. The van der Waals surface area contributed by atoms with E-state index in [0.29, 0.717) is 26.6 Å². The van der Waals surface area contributed by atoms with Gasteiger partial charge in [-0.2, -0.15) is 0 Å². The zero-order chi connectivity index (χ0) is 26.9. The minimum absolute atomic E-state index is 0.0877. The number of anilines is 1. The van der Waals surface area contributed by atoms with Crippen molar-refractivity contribution >= 4 is 62.5 Å². The van der Waals surface area contributed by atoms with Gasteiger partial charge in [0, 0.05) is 38.3 Å². The summed E-state index contributed by atoms with van der Waals surface area (Å²) in [5, 5.41) is 14.7. The number of thioether (sulfide) groups is 1. The first-order valence-corrected chi connectivity index (χ1v) is 14.7. The van der Waals surface area contributed by atoms with Gasteiger partial charge in [-0.05, 0) is 62.1 Å². The summed E-state index contributed by atoms with van der Waals surface area (Å²) in [7, 11) is 0. The Bertz CT molecular complexity index is 1690. The van der Waals surface area contributed by atoms with Crippen molar-refractivity contribution in [3.05, 3.63) is 75.8 Å². The van der Waals surface area contributed by atoms with Crippen molar-refractivity contribution in [2.45, 2.75) is 31.3 Å². The molecule has 11 heteroatoms. The van der Waals surface area contributed by atoms with Gasteiger partial charge in [0.05, 0.1) is 17.9 Å². The molecule has 1 aliphatic carbocycles. The van der Waals surface area contributed by atoms with E-state index in [1.807, 2.05) is 59.3 Å². The molecule has 0 saturated heterocycles. The number of para-hydroxylation sites is 1. The maximum atomic E-state index is 13.1. The van der Waals surface area contributed by atoms with E-state index in [9.17, 15) is 9.59 Å². The Morgan fingerprint density at radius 3 is 2.79 bits per heavy atom. The van der Waals surface area contributed by atoms with E-state index in [-0.39, 0.29) is 24.2 Å². The van der Waals surface area contributed by atoms with Crippen LogP contribution in [0.25, 0.3) is 28.0 Å². The van der Waals surface area contributed by atoms with Gasteiger partial charge >= 0.3 is 5.97 Å². The van der Waals surface area contributed by atoms with Gasteiger partial charge < -0.3 is 15.0 Å². The number of amides is 1. The van der Waals surface area contributed by atoms with Gasteiger partial charge in [0.2, 0.25) is 5.91 Å². The number of aryl methyl sites for hydroxylation is 1. The zero-order valence-corrected chi connectivity index (χ0v) is 23.4. The Morgan fingerprint density at radius 1 is 1.15 bits per heavy atom.